The minimum absolute atomic E-state index is 0.222. The zero-order valence-corrected chi connectivity index (χ0v) is 13.3. The summed E-state index contributed by atoms with van der Waals surface area (Å²) in [4.78, 5) is 19.7. The van der Waals surface area contributed by atoms with Crippen molar-refractivity contribution in [3.63, 3.8) is 0 Å². The number of hydrogen-bond donors (Lipinski definition) is 1. The number of piperazine rings is 1. The van der Waals surface area contributed by atoms with Gasteiger partial charge in [-0.15, -0.1) is 0 Å². The van der Waals surface area contributed by atoms with Gasteiger partial charge in [0.05, 0.1) is 6.42 Å². The minimum Gasteiger partial charge on any atom is -0.368 e. The van der Waals surface area contributed by atoms with E-state index in [4.69, 9.17) is 0 Å². The number of hydrogen-bond acceptors (Lipinski definition) is 2. The van der Waals surface area contributed by atoms with Gasteiger partial charge in [-0.2, -0.15) is 0 Å². The predicted octanol–water partition coefficient (Wildman–Crippen LogP) is 2.52. The number of aryl methyl sites for hydroxylation is 1. The first-order chi connectivity index (χ1) is 10.6. The number of aromatic nitrogens is 1. The van der Waals surface area contributed by atoms with Crippen LogP contribution in [-0.2, 0) is 11.2 Å². The lowest BCUT2D eigenvalue weighted by Crippen LogP contribution is -2.49. The Morgan fingerprint density at radius 3 is 2.59 bits per heavy atom. The first-order valence-electron chi connectivity index (χ1n) is 7.86. The van der Waals surface area contributed by atoms with Crippen LogP contribution in [0.4, 0.5) is 5.69 Å². The van der Waals surface area contributed by atoms with Crippen LogP contribution in [0.2, 0.25) is 0 Å². The maximum atomic E-state index is 12.3. The molecule has 4 heteroatoms. The average molecular weight is 297 g/mol. The summed E-state index contributed by atoms with van der Waals surface area (Å²) in [5.41, 5.74) is 5.03. The molecule has 1 aliphatic rings. The van der Waals surface area contributed by atoms with E-state index in [0.717, 1.165) is 31.7 Å². The Balaban J connectivity index is 1.60. The highest BCUT2D eigenvalue weighted by molar-refractivity contribution is 5.79. The fourth-order valence-electron chi connectivity index (χ4n) is 3.03. The van der Waals surface area contributed by atoms with Crippen LogP contribution in [0.5, 0.6) is 0 Å². The minimum atomic E-state index is 0.222. The Labute approximate surface area is 131 Å². The normalized spacial score (nSPS) is 15.2. The van der Waals surface area contributed by atoms with Crippen molar-refractivity contribution in [1.29, 1.82) is 0 Å². The third kappa shape index (κ3) is 3.01. The Hall–Kier alpha value is -2.23. The highest BCUT2D eigenvalue weighted by Gasteiger charge is 2.22. The molecule has 22 heavy (non-hydrogen) atoms. The summed E-state index contributed by atoms with van der Waals surface area (Å²) in [6, 6.07) is 8.40. The van der Waals surface area contributed by atoms with Crippen LogP contribution in [0.25, 0.3) is 0 Å². The number of amides is 1. The highest BCUT2D eigenvalue weighted by atomic mass is 16.2. The number of rotatable bonds is 3. The molecule has 1 saturated heterocycles. The second-order valence-electron chi connectivity index (χ2n) is 5.98. The van der Waals surface area contributed by atoms with Crippen molar-refractivity contribution >= 4 is 11.6 Å². The molecule has 116 valence electrons. The number of nitrogens with one attached hydrogen (secondary N) is 1. The summed E-state index contributed by atoms with van der Waals surface area (Å²) in [7, 11) is 0. The number of carbonyl (C=O) groups is 1. The van der Waals surface area contributed by atoms with Crippen molar-refractivity contribution < 1.29 is 4.79 Å². The molecule has 1 aliphatic heterocycles. The van der Waals surface area contributed by atoms with Crippen molar-refractivity contribution in [3.05, 3.63) is 53.3 Å². The van der Waals surface area contributed by atoms with E-state index in [1.165, 1.54) is 16.8 Å². The van der Waals surface area contributed by atoms with Gasteiger partial charge in [0.25, 0.3) is 0 Å². The molecule has 1 aromatic carbocycles. The fraction of sp³-hybridized carbons (Fsp3) is 0.389. The zero-order valence-electron chi connectivity index (χ0n) is 13.3. The van der Waals surface area contributed by atoms with E-state index in [9.17, 15) is 4.79 Å². The molecule has 0 saturated carbocycles. The molecule has 2 heterocycles. The number of anilines is 1. The molecule has 0 aliphatic carbocycles. The number of benzene rings is 1. The number of H-pyrrole nitrogens is 1. The molecular weight excluding hydrogens is 274 g/mol. The van der Waals surface area contributed by atoms with Crippen LogP contribution in [-0.4, -0.2) is 42.0 Å². The summed E-state index contributed by atoms with van der Waals surface area (Å²) >= 11 is 0. The van der Waals surface area contributed by atoms with Crippen LogP contribution in [0.15, 0.2) is 36.7 Å². The van der Waals surface area contributed by atoms with E-state index in [1.807, 2.05) is 23.4 Å². The number of carbonyl (C=O) groups excluding carboxylic acids is 1. The lowest BCUT2D eigenvalue weighted by molar-refractivity contribution is -0.130. The summed E-state index contributed by atoms with van der Waals surface area (Å²) in [6.45, 7) is 7.74. The maximum absolute atomic E-state index is 12.3. The molecule has 0 unspecified atom stereocenters. The molecular formula is C18H23N3O. The van der Waals surface area contributed by atoms with Crippen molar-refractivity contribution in [2.75, 3.05) is 31.1 Å². The molecule has 0 bridgehead atoms. The molecule has 4 nitrogen and oxygen atoms in total. The van der Waals surface area contributed by atoms with E-state index in [1.54, 1.807) is 0 Å². The molecule has 0 atom stereocenters. The van der Waals surface area contributed by atoms with Crippen molar-refractivity contribution in [1.82, 2.24) is 9.88 Å². The van der Waals surface area contributed by atoms with Gasteiger partial charge in [0.2, 0.25) is 5.91 Å². The summed E-state index contributed by atoms with van der Waals surface area (Å²) in [6.07, 6.45) is 4.25. The van der Waals surface area contributed by atoms with E-state index in [0.29, 0.717) is 6.42 Å². The Morgan fingerprint density at radius 2 is 1.91 bits per heavy atom. The molecule has 1 amide bonds. The zero-order chi connectivity index (χ0) is 15.5. The second-order valence-corrected chi connectivity index (χ2v) is 5.98. The first-order valence-corrected chi connectivity index (χ1v) is 7.86. The summed E-state index contributed by atoms with van der Waals surface area (Å²) < 4.78 is 0. The van der Waals surface area contributed by atoms with Crippen LogP contribution in [0, 0.1) is 13.8 Å². The van der Waals surface area contributed by atoms with E-state index in [-0.39, 0.29) is 5.91 Å². The van der Waals surface area contributed by atoms with E-state index in [2.05, 4.69) is 41.9 Å². The number of aromatic amines is 1. The Kier molecular flexibility index (Phi) is 4.18. The van der Waals surface area contributed by atoms with E-state index >= 15 is 0 Å². The van der Waals surface area contributed by atoms with E-state index < -0.39 is 0 Å². The Morgan fingerprint density at radius 1 is 1.14 bits per heavy atom. The molecule has 0 spiro atoms. The first kappa shape index (κ1) is 14.7. The molecule has 1 aromatic heterocycles. The highest BCUT2D eigenvalue weighted by Crippen LogP contribution is 2.24. The lowest BCUT2D eigenvalue weighted by atomic mass is 10.1. The van der Waals surface area contributed by atoms with Gasteiger partial charge in [0.1, 0.15) is 0 Å². The number of nitrogens with zero attached hydrogens (tertiary/aromatic N) is 2. The van der Waals surface area contributed by atoms with Gasteiger partial charge >= 0.3 is 0 Å². The molecule has 0 radical (unpaired) electrons. The predicted molar refractivity (Wildman–Crippen MR) is 89.2 cm³/mol. The third-order valence-electron chi connectivity index (χ3n) is 4.57. The molecule has 1 fully saturated rings. The van der Waals surface area contributed by atoms with Gasteiger partial charge < -0.3 is 14.8 Å². The van der Waals surface area contributed by atoms with Gasteiger partial charge in [0.15, 0.2) is 0 Å². The Bertz CT molecular complexity index is 640. The SMILES string of the molecule is Cc1cccc(N2CCN(C(=O)Cc3cc[nH]c3)CC2)c1C. The van der Waals surface area contributed by atoms with Crippen LogP contribution in [0.3, 0.4) is 0 Å². The van der Waals surface area contributed by atoms with Crippen molar-refractivity contribution in [3.8, 4) is 0 Å². The van der Waals surface area contributed by atoms with Gasteiger partial charge in [-0.1, -0.05) is 12.1 Å². The molecule has 1 N–H and O–H groups in total. The van der Waals surface area contributed by atoms with Gasteiger partial charge in [0, 0.05) is 44.3 Å². The van der Waals surface area contributed by atoms with Gasteiger partial charge in [-0.05, 0) is 42.7 Å². The van der Waals surface area contributed by atoms with Crippen molar-refractivity contribution in [2.24, 2.45) is 0 Å². The lowest BCUT2D eigenvalue weighted by Gasteiger charge is -2.37. The summed E-state index contributed by atoms with van der Waals surface area (Å²) in [5, 5.41) is 0. The monoisotopic (exact) mass is 297 g/mol. The van der Waals surface area contributed by atoms with Gasteiger partial charge in [-0.25, -0.2) is 0 Å². The molecule has 2 aromatic rings. The van der Waals surface area contributed by atoms with Crippen LogP contribution >= 0.6 is 0 Å². The van der Waals surface area contributed by atoms with Gasteiger partial charge in [-0.3, -0.25) is 4.79 Å². The summed E-state index contributed by atoms with van der Waals surface area (Å²) in [5.74, 6) is 0.222. The second kappa shape index (κ2) is 6.26. The third-order valence-corrected chi connectivity index (χ3v) is 4.57. The molecule has 3 rings (SSSR count). The fourth-order valence-corrected chi connectivity index (χ4v) is 3.03. The van der Waals surface area contributed by atoms with Crippen LogP contribution < -0.4 is 4.90 Å². The smallest absolute Gasteiger partial charge is 0.227 e. The maximum Gasteiger partial charge on any atom is 0.227 e. The standard InChI is InChI=1S/C18H23N3O/c1-14-4-3-5-17(15(14)2)20-8-10-21(11-9-20)18(22)12-16-6-7-19-13-16/h3-7,13,19H,8-12H2,1-2H3. The quantitative estimate of drug-likeness (QED) is 0.945. The van der Waals surface area contributed by atoms with Crippen molar-refractivity contribution in [2.45, 2.75) is 20.3 Å². The van der Waals surface area contributed by atoms with Crippen LogP contribution in [0.1, 0.15) is 16.7 Å². The topological polar surface area (TPSA) is 39.3 Å². The average Bonchev–Trinajstić information content (AvgIpc) is 3.03. The largest absolute Gasteiger partial charge is 0.368 e.